The minimum atomic E-state index is -0.964. The molecule has 0 saturated carbocycles. The second-order valence-electron chi connectivity index (χ2n) is 8.04. The van der Waals surface area contributed by atoms with Crippen molar-refractivity contribution in [2.75, 3.05) is 27.9 Å². The molecule has 178 valence electrons. The first kappa shape index (κ1) is 24.5. The van der Waals surface area contributed by atoms with Crippen LogP contribution in [0.5, 0.6) is 5.75 Å². The zero-order valence-corrected chi connectivity index (χ0v) is 18.9. The van der Waals surface area contributed by atoms with E-state index < -0.39 is 34.5 Å². The van der Waals surface area contributed by atoms with E-state index in [1.54, 1.807) is 6.92 Å². The second kappa shape index (κ2) is 9.80. The van der Waals surface area contributed by atoms with E-state index in [-0.39, 0.29) is 41.4 Å². The number of carbonyl (C=O) groups is 2. The maximum Gasteiger partial charge on any atom is 0.257 e. The van der Waals surface area contributed by atoms with E-state index in [2.05, 4.69) is 5.32 Å². The maximum atomic E-state index is 13.9. The van der Waals surface area contributed by atoms with Crippen LogP contribution in [-0.4, -0.2) is 50.3 Å². The van der Waals surface area contributed by atoms with Gasteiger partial charge in [-0.2, -0.15) is 0 Å². The minimum Gasteiger partial charge on any atom is -0.491 e. The van der Waals surface area contributed by atoms with Gasteiger partial charge in [-0.1, -0.05) is 6.07 Å². The highest BCUT2D eigenvalue weighted by Gasteiger charge is 2.48. The first-order chi connectivity index (χ1) is 15.7. The Kier molecular flexibility index (Phi) is 7.28. The predicted octanol–water partition coefficient (Wildman–Crippen LogP) is 2.32. The van der Waals surface area contributed by atoms with Gasteiger partial charge in [0.1, 0.15) is 22.9 Å². The van der Waals surface area contributed by atoms with Crippen LogP contribution in [0.4, 0.5) is 8.78 Å². The van der Waals surface area contributed by atoms with Gasteiger partial charge in [0, 0.05) is 45.2 Å². The normalized spacial score (nSPS) is 19.8. The number of hydrogen-bond donors (Lipinski definition) is 1. The van der Waals surface area contributed by atoms with Gasteiger partial charge in [-0.25, -0.2) is 8.78 Å². The van der Waals surface area contributed by atoms with Crippen LogP contribution < -0.4 is 15.5 Å². The number of halogens is 2. The number of nitrogens with one attached hydrogen (secondary N) is 1. The van der Waals surface area contributed by atoms with Crippen LogP contribution in [0, 0.1) is 17.0 Å². The lowest BCUT2D eigenvalue weighted by Crippen LogP contribution is -2.50. The SMILES string of the molecule is COCC[C@@]1(C)C(=O)c2c(OC)c(=O)c(C(=O)NCc3ccc(F)cc3F)cn2C[C@@H]1OC. The van der Waals surface area contributed by atoms with E-state index in [4.69, 9.17) is 14.2 Å². The van der Waals surface area contributed by atoms with E-state index in [1.165, 1.54) is 38.2 Å². The molecule has 0 unspecified atom stereocenters. The molecule has 0 fully saturated rings. The summed E-state index contributed by atoms with van der Waals surface area (Å²) in [7, 11) is 4.26. The van der Waals surface area contributed by atoms with E-state index in [9.17, 15) is 23.2 Å². The number of hydrogen-bond acceptors (Lipinski definition) is 6. The Hall–Kier alpha value is -3.11. The number of pyridine rings is 1. The smallest absolute Gasteiger partial charge is 0.257 e. The summed E-state index contributed by atoms with van der Waals surface area (Å²) in [6.07, 6.45) is 1.10. The molecule has 0 aliphatic carbocycles. The number of carbonyl (C=O) groups excluding carboxylic acids is 2. The number of ether oxygens (including phenoxy) is 3. The van der Waals surface area contributed by atoms with Gasteiger partial charge in [0.2, 0.25) is 5.43 Å². The fraction of sp³-hybridized carbons (Fsp3) is 0.435. The summed E-state index contributed by atoms with van der Waals surface area (Å²) in [6.45, 7) is 1.99. The van der Waals surface area contributed by atoms with Gasteiger partial charge in [-0.3, -0.25) is 14.4 Å². The molecule has 8 nitrogen and oxygen atoms in total. The third-order valence-corrected chi connectivity index (χ3v) is 6.06. The number of amides is 1. The summed E-state index contributed by atoms with van der Waals surface area (Å²) < 4.78 is 44.4. The molecule has 3 rings (SSSR count). The Balaban J connectivity index is 1.98. The standard InChI is InChI=1S/C23H26F2N2O6/c1-23(7-8-31-2)17(32-3)12-27-11-15(19(28)20(33-4)18(27)21(23)29)22(30)26-10-13-5-6-14(24)9-16(13)25/h5-6,9,11,17H,7-8,10,12H2,1-4H3,(H,26,30)/t17-,23+/m0/s1. The lowest BCUT2D eigenvalue weighted by molar-refractivity contribution is -0.0262. The average molecular weight is 464 g/mol. The number of methoxy groups -OCH3 is 3. The fourth-order valence-electron chi connectivity index (χ4n) is 4.02. The van der Waals surface area contributed by atoms with E-state index in [0.717, 1.165) is 6.07 Å². The minimum absolute atomic E-state index is 0.0514. The topological polar surface area (TPSA) is 95.9 Å². The lowest BCUT2D eigenvalue weighted by Gasteiger charge is -2.41. The molecule has 0 bridgehead atoms. The summed E-state index contributed by atoms with van der Waals surface area (Å²) in [5, 5.41) is 2.45. The van der Waals surface area contributed by atoms with Crippen molar-refractivity contribution in [3.8, 4) is 5.75 Å². The van der Waals surface area contributed by atoms with Crippen LogP contribution in [0.15, 0.2) is 29.2 Å². The van der Waals surface area contributed by atoms with Crippen molar-refractivity contribution in [1.29, 1.82) is 0 Å². The third-order valence-electron chi connectivity index (χ3n) is 6.06. The zero-order chi connectivity index (χ0) is 24.3. The molecule has 1 amide bonds. The largest absolute Gasteiger partial charge is 0.491 e. The number of ketones is 1. The molecule has 1 N–H and O–H groups in total. The monoisotopic (exact) mass is 464 g/mol. The van der Waals surface area contributed by atoms with Crippen molar-refractivity contribution < 1.29 is 32.6 Å². The Labute approximate surface area is 189 Å². The zero-order valence-electron chi connectivity index (χ0n) is 18.9. The molecule has 1 aromatic carbocycles. The van der Waals surface area contributed by atoms with Crippen LogP contribution >= 0.6 is 0 Å². The molecule has 0 spiro atoms. The Bertz CT molecular complexity index is 1130. The number of rotatable bonds is 8. The second-order valence-corrected chi connectivity index (χ2v) is 8.04. The van der Waals surface area contributed by atoms with Gasteiger partial charge in [-0.05, 0) is 19.4 Å². The van der Waals surface area contributed by atoms with E-state index in [0.29, 0.717) is 19.1 Å². The Morgan fingerprint density at radius 3 is 2.58 bits per heavy atom. The van der Waals surface area contributed by atoms with Crippen LogP contribution in [0.25, 0.3) is 0 Å². The summed E-state index contributed by atoms with van der Waals surface area (Å²) >= 11 is 0. The highest BCUT2D eigenvalue weighted by atomic mass is 19.1. The molecule has 1 aromatic heterocycles. The molecule has 33 heavy (non-hydrogen) atoms. The van der Waals surface area contributed by atoms with Gasteiger partial charge in [0.25, 0.3) is 5.91 Å². The van der Waals surface area contributed by atoms with Crippen molar-refractivity contribution >= 4 is 11.7 Å². The molecule has 0 radical (unpaired) electrons. The van der Waals surface area contributed by atoms with Gasteiger partial charge in [0.05, 0.1) is 25.2 Å². The van der Waals surface area contributed by atoms with Crippen LogP contribution in [0.3, 0.4) is 0 Å². The third kappa shape index (κ3) is 4.53. The van der Waals surface area contributed by atoms with Crippen molar-refractivity contribution in [2.45, 2.75) is 32.5 Å². The van der Waals surface area contributed by atoms with E-state index >= 15 is 0 Å². The molecule has 10 heteroatoms. The lowest BCUT2D eigenvalue weighted by atomic mass is 9.73. The summed E-state index contributed by atoms with van der Waals surface area (Å²) in [5.74, 6) is -2.95. The van der Waals surface area contributed by atoms with Gasteiger partial charge in [0.15, 0.2) is 11.5 Å². The van der Waals surface area contributed by atoms with Gasteiger partial charge >= 0.3 is 0 Å². The van der Waals surface area contributed by atoms with Crippen molar-refractivity contribution in [3.63, 3.8) is 0 Å². The molecular weight excluding hydrogens is 438 g/mol. The highest BCUT2D eigenvalue weighted by molar-refractivity contribution is 6.03. The van der Waals surface area contributed by atoms with Crippen molar-refractivity contribution in [3.05, 3.63) is 63.1 Å². The van der Waals surface area contributed by atoms with Crippen molar-refractivity contribution in [1.82, 2.24) is 9.88 Å². The molecular formula is C23H26F2N2O6. The molecule has 2 aromatic rings. The average Bonchev–Trinajstić information content (AvgIpc) is 2.79. The fourth-order valence-corrected chi connectivity index (χ4v) is 4.02. The van der Waals surface area contributed by atoms with Gasteiger partial charge in [-0.15, -0.1) is 0 Å². The molecule has 2 heterocycles. The quantitative estimate of drug-likeness (QED) is 0.644. The predicted molar refractivity (Wildman–Crippen MR) is 115 cm³/mol. The highest BCUT2D eigenvalue weighted by Crippen LogP contribution is 2.39. The molecule has 1 aliphatic rings. The molecule has 2 atom stereocenters. The maximum absolute atomic E-state index is 13.9. The van der Waals surface area contributed by atoms with Crippen molar-refractivity contribution in [2.24, 2.45) is 5.41 Å². The van der Waals surface area contributed by atoms with E-state index in [1.807, 2.05) is 0 Å². The van der Waals surface area contributed by atoms with Crippen LogP contribution in [0.1, 0.15) is 39.8 Å². The van der Waals surface area contributed by atoms with Crippen LogP contribution in [0.2, 0.25) is 0 Å². The number of aromatic nitrogens is 1. The number of fused-ring (bicyclic) bond motifs is 1. The number of nitrogens with zero attached hydrogens (tertiary/aromatic N) is 1. The van der Waals surface area contributed by atoms with Crippen LogP contribution in [-0.2, 0) is 22.6 Å². The Morgan fingerprint density at radius 2 is 1.97 bits per heavy atom. The van der Waals surface area contributed by atoms with Gasteiger partial charge < -0.3 is 24.1 Å². The summed E-state index contributed by atoms with van der Waals surface area (Å²) in [6, 6.07) is 2.97. The molecule has 1 aliphatic heterocycles. The molecule has 0 saturated heterocycles. The first-order valence-corrected chi connectivity index (χ1v) is 10.3. The summed E-state index contributed by atoms with van der Waals surface area (Å²) in [5.41, 5.74) is -1.90. The first-order valence-electron chi connectivity index (χ1n) is 10.3. The summed E-state index contributed by atoms with van der Waals surface area (Å²) in [4.78, 5) is 39.2. The number of benzene rings is 1. The number of Topliss-reactive ketones (excluding diaryl/α,β-unsaturated/α-hetero) is 1. The Morgan fingerprint density at radius 1 is 1.24 bits per heavy atom.